The Morgan fingerprint density at radius 3 is 2.34 bits per heavy atom. The summed E-state index contributed by atoms with van der Waals surface area (Å²) < 4.78 is 68.6. The summed E-state index contributed by atoms with van der Waals surface area (Å²) in [5, 5.41) is 1.09. The van der Waals surface area contributed by atoms with Gasteiger partial charge in [-0.2, -0.15) is 13.2 Å². The summed E-state index contributed by atoms with van der Waals surface area (Å²) in [5.74, 6) is -0.960. The SMILES string of the molecule is CN1C=C(c2cc(Oc3ccc(S(C)(=O)=O)cc3Cl)cc(C(F)(F)F)c2)C(=O)[N]1. The predicted molar refractivity (Wildman–Crippen MR) is 99.0 cm³/mol. The molecule has 11 heteroatoms. The van der Waals surface area contributed by atoms with E-state index < -0.39 is 27.5 Å². The molecule has 6 nitrogen and oxygen atoms in total. The number of halogens is 4. The van der Waals surface area contributed by atoms with Crippen LogP contribution in [0.3, 0.4) is 0 Å². The van der Waals surface area contributed by atoms with E-state index in [-0.39, 0.29) is 32.6 Å². The van der Waals surface area contributed by atoms with E-state index in [1.807, 2.05) is 0 Å². The van der Waals surface area contributed by atoms with Crippen molar-refractivity contribution in [3.63, 3.8) is 0 Å². The van der Waals surface area contributed by atoms with Crippen molar-refractivity contribution in [2.75, 3.05) is 13.3 Å². The number of rotatable bonds is 4. The Hall–Kier alpha value is -2.72. The van der Waals surface area contributed by atoms with Gasteiger partial charge in [0, 0.05) is 19.5 Å². The zero-order valence-corrected chi connectivity index (χ0v) is 16.6. The third kappa shape index (κ3) is 4.65. The molecule has 0 saturated heterocycles. The number of benzene rings is 2. The van der Waals surface area contributed by atoms with E-state index in [4.69, 9.17) is 16.3 Å². The van der Waals surface area contributed by atoms with Crippen molar-refractivity contribution in [1.29, 1.82) is 0 Å². The number of carbonyl (C=O) groups is 1. The quantitative estimate of drug-likeness (QED) is 0.713. The van der Waals surface area contributed by atoms with Gasteiger partial charge >= 0.3 is 6.18 Å². The van der Waals surface area contributed by atoms with Crippen molar-refractivity contribution in [2.45, 2.75) is 11.1 Å². The predicted octanol–water partition coefficient (Wildman–Crippen LogP) is 3.89. The molecule has 0 aromatic heterocycles. The van der Waals surface area contributed by atoms with Gasteiger partial charge in [-0.15, -0.1) is 5.43 Å². The van der Waals surface area contributed by atoms with Gasteiger partial charge in [-0.25, -0.2) is 8.42 Å². The number of carbonyl (C=O) groups excluding carboxylic acids is 1. The maximum absolute atomic E-state index is 13.3. The lowest BCUT2D eigenvalue weighted by Crippen LogP contribution is -2.20. The Bertz CT molecular complexity index is 1130. The molecule has 1 heterocycles. The van der Waals surface area contributed by atoms with E-state index in [1.165, 1.54) is 36.5 Å². The summed E-state index contributed by atoms with van der Waals surface area (Å²) in [7, 11) is -2.05. The Morgan fingerprint density at radius 1 is 1.14 bits per heavy atom. The number of nitrogens with zero attached hydrogens (tertiary/aromatic N) is 2. The van der Waals surface area contributed by atoms with Crippen LogP contribution in [0.5, 0.6) is 11.5 Å². The summed E-state index contributed by atoms with van der Waals surface area (Å²) in [5.41, 5.74) is 2.51. The molecule has 0 N–H and O–H groups in total. The Morgan fingerprint density at radius 2 is 1.83 bits per heavy atom. The van der Waals surface area contributed by atoms with Crippen molar-refractivity contribution < 1.29 is 31.1 Å². The fourth-order valence-electron chi connectivity index (χ4n) is 2.57. The van der Waals surface area contributed by atoms with Crippen LogP contribution >= 0.6 is 11.6 Å². The van der Waals surface area contributed by atoms with Crippen molar-refractivity contribution >= 4 is 32.9 Å². The highest BCUT2D eigenvalue weighted by atomic mass is 35.5. The van der Waals surface area contributed by atoms with E-state index in [1.54, 1.807) is 0 Å². The fourth-order valence-corrected chi connectivity index (χ4v) is 3.50. The van der Waals surface area contributed by atoms with Gasteiger partial charge in [0.15, 0.2) is 9.84 Å². The molecule has 1 aliphatic heterocycles. The molecular weight excluding hydrogens is 433 g/mol. The van der Waals surface area contributed by atoms with Gasteiger partial charge in [0.25, 0.3) is 5.91 Å². The van der Waals surface area contributed by atoms with Gasteiger partial charge in [0.2, 0.25) is 0 Å². The topological polar surface area (TPSA) is 77.8 Å². The van der Waals surface area contributed by atoms with Gasteiger partial charge in [0.1, 0.15) is 11.5 Å². The number of alkyl halides is 3. The van der Waals surface area contributed by atoms with Crippen molar-refractivity contribution in [3.05, 3.63) is 58.7 Å². The monoisotopic (exact) mass is 445 g/mol. The number of hydrogen-bond donors (Lipinski definition) is 0. The average Bonchev–Trinajstić information content (AvgIpc) is 2.93. The highest BCUT2D eigenvalue weighted by Crippen LogP contribution is 2.38. The van der Waals surface area contributed by atoms with Gasteiger partial charge < -0.3 is 4.74 Å². The summed E-state index contributed by atoms with van der Waals surface area (Å²) in [6.45, 7) is 0. The van der Waals surface area contributed by atoms with E-state index >= 15 is 0 Å². The van der Waals surface area contributed by atoms with Crippen LogP contribution in [0.25, 0.3) is 5.57 Å². The van der Waals surface area contributed by atoms with Crippen LogP contribution < -0.4 is 10.2 Å². The molecule has 0 unspecified atom stereocenters. The molecule has 1 aliphatic rings. The molecule has 2 aromatic carbocycles. The second-order valence-electron chi connectivity index (χ2n) is 6.23. The van der Waals surface area contributed by atoms with Gasteiger partial charge in [0.05, 0.1) is 21.1 Å². The molecule has 0 saturated carbocycles. The van der Waals surface area contributed by atoms with E-state index in [9.17, 15) is 26.4 Å². The van der Waals surface area contributed by atoms with Gasteiger partial charge in [-0.1, -0.05) is 11.6 Å². The van der Waals surface area contributed by atoms with Gasteiger partial charge in [-0.3, -0.25) is 9.80 Å². The maximum Gasteiger partial charge on any atom is 0.416 e. The van der Waals surface area contributed by atoms with Crippen LogP contribution in [0.1, 0.15) is 11.1 Å². The zero-order valence-electron chi connectivity index (χ0n) is 15.0. The Labute approximate surface area is 169 Å². The number of hydrogen-bond acceptors (Lipinski definition) is 5. The second-order valence-corrected chi connectivity index (χ2v) is 8.65. The first-order valence-corrected chi connectivity index (χ1v) is 10.2. The van der Waals surface area contributed by atoms with Crippen LogP contribution in [-0.2, 0) is 20.8 Å². The lowest BCUT2D eigenvalue weighted by molar-refractivity contribution is -0.137. The van der Waals surface area contributed by atoms with E-state index in [0.29, 0.717) is 0 Å². The smallest absolute Gasteiger partial charge is 0.416 e. The first-order valence-electron chi connectivity index (χ1n) is 7.95. The van der Waals surface area contributed by atoms with Crippen LogP contribution in [0.4, 0.5) is 13.2 Å². The normalized spacial score (nSPS) is 14.6. The van der Waals surface area contributed by atoms with E-state index in [2.05, 4.69) is 5.43 Å². The van der Waals surface area contributed by atoms with Crippen molar-refractivity contribution in [3.8, 4) is 11.5 Å². The zero-order chi connectivity index (χ0) is 21.6. The lowest BCUT2D eigenvalue weighted by atomic mass is 10.0. The molecule has 0 spiro atoms. The summed E-state index contributed by atoms with van der Waals surface area (Å²) in [4.78, 5) is 11.9. The van der Waals surface area contributed by atoms with Crippen LogP contribution in [0.2, 0.25) is 5.02 Å². The Kier molecular flexibility index (Phi) is 5.26. The molecule has 29 heavy (non-hydrogen) atoms. The number of sulfone groups is 1. The van der Waals surface area contributed by atoms with E-state index in [0.717, 1.165) is 24.5 Å². The summed E-state index contributed by atoms with van der Waals surface area (Å²) in [6.07, 6.45) is -2.40. The molecule has 153 valence electrons. The molecular formula is C18H13ClF3N2O4S. The third-order valence-electron chi connectivity index (χ3n) is 3.90. The van der Waals surface area contributed by atoms with Crippen molar-refractivity contribution in [2.24, 2.45) is 0 Å². The standard InChI is InChI=1S/C18H13ClF3N2O4S/c1-24-9-14(17(25)23-24)10-5-11(18(20,21)22)7-12(6-10)28-16-4-3-13(8-15(16)19)29(2,26)27/h3-9H,1-2H3. The first-order chi connectivity index (χ1) is 13.3. The minimum absolute atomic E-state index is 0.0260. The van der Waals surface area contributed by atoms with Crippen LogP contribution in [0.15, 0.2) is 47.5 Å². The highest BCUT2D eigenvalue weighted by molar-refractivity contribution is 7.90. The largest absolute Gasteiger partial charge is 0.456 e. The molecule has 1 radical (unpaired) electrons. The maximum atomic E-state index is 13.3. The number of ether oxygens (including phenoxy) is 1. The van der Waals surface area contributed by atoms with Crippen LogP contribution in [0, 0.1) is 0 Å². The summed E-state index contributed by atoms with van der Waals surface area (Å²) >= 11 is 6.03. The lowest BCUT2D eigenvalue weighted by Gasteiger charge is -2.14. The molecule has 0 aliphatic carbocycles. The molecule has 0 bridgehead atoms. The molecule has 3 rings (SSSR count). The number of amides is 1. The minimum atomic E-state index is -4.69. The van der Waals surface area contributed by atoms with Gasteiger partial charge in [-0.05, 0) is 42.0 Å². The summed E-state index contributed by atoms with van der Waals surface area (Å²) in [6, 6.07) is 6.42. The third-order valence-corrected chi connectivity index (χ3v) is 5.30. The first kappa shape index (κ1) is 21.0. The van der Waals surface area contributed by atoms with Crippen molar-refractivity contribution in [1.82, 2.24) is 10.4 Å². The fraction of sp³-hybridized carbons (Fsp3) is 0.167. The molecule has 1 amide bonds. The molecule has 2 aromatic rings. The minimum Gasteiger partial charge on any atom is -0.456 e. The Balaban J connectivity index is 2.05. The second kappa shape index (κ2) is 7.27. The molecule has 0 atom stereocenters. The molecule has 0 fully saturated rings. The highest BCUT2D eigenvalue weighted by Gasteiger charge is 2.33. The van der Waals surface area contributed by atoms with Crippen LogP contribution in [-0.4, -0.2) is 32.6 Å². The average molecular weight is 446 g/mol.